The summed E-state index contributed by atoms with van der Waals surface area (Å²) in [5, 5.41) is 9.35. The monoisotopic (exact) mass is 238 g/mol. The molecule has 1 N–H and O–H groups in total. The Morgan fingerprint density at radius 3 is 2.69 bits per heavy atom. The van der Waals surface area contributed by atoms with Gasteiger partial charge in [0.2, 0.25) is 0 Å². The van der Waals surface area contributed by atoms with Gasteiger partial charge in [0.15, 0.2) is 0 Å². The van der Waals surface area contributed by atoms with E-state index in [0.29, 0.717) is 17.0 Å². The first-order valence-corrected chi connectivity index (χ1v) is 4.96. The summed E-state index contributed by atoms with van der Waals surface area (Å²) in [6.45, 7) is -0.239. The van der Waals surface area contributed by atoms with Crippen molar-refractivity contribution in [3.8, 4) is 11.3 Å². The van der Waals surface area contributed by atoms with Crippen LogP contribution in [0.5, 0.6) is 0 Å². The standard InChI is InChI=1S/C11H8ClFN2O/c12-9-5-7(13)1-2-8(9)11-10(6-16)14-3-4-15-11/h1-5,16H,6H2. The fraction of sp³-hybridized carbons (Fsp3) is 0.0909. The molecule has 1 aromatic carbocycles. The second-order valence-corrected chi connectivity index (χ2v) is 3.54. The van der Waals surface area contributed by atoms with E-state index in [1.807, 2.05) is 0 Å². The molecule has 0 amide bonds. The lowest BCUT2D eigenvalue weighted by molar-refractivity contribution is 0.277. The molecule has 0 radical (unpaired) electrons. The zero-order chi connectivity index (χ0) is 11.5. The number of nitrogens with zero attached hydrogens (tertiary/aromatic N) is 2. The summed E-state index contributed by atoms with van der Waals surface area (Å²) in [7, 11) is 0. The van der Waals surface area contributed by atoms with Gasteiger partial charge in [0, 0.05) is 18.0 Å². The summed E-state index contributed by atoms with van der Waals surface area (Å²) < 4.78 is 12.9. The first-order valence-electron chi connectivity index (χ1n) is 4.58. The highest BCUT2D eigenvalue weighted by Gasteiger charge is 2.10. The maximum atomic E-state index is 12.9. The van der Waals surface area contributed by atoms with Crippen LogP contribution in [0.3, 0.4) is 0 Å². The van der Waals surface area contributed by atoms with Crippen molar-refractivity contribution in [3.05, 3.63) is 47.1 Å². The van der Waals surface area contributed by atoms with Crippen LogP contribution in [0.1, 0.15) is 5.69 Å². The Morgan fingerprint density at radius 1 is 1.25 bits per heavy atom. The Bertz CT molecular complexity index is 519. The van der Waals surface area contributed by atoms with Gasteiger partial charge in [0.25, 0.3) is 0 Å². The van der Waals surface area contributed by atoms with E-state index >= 15 is 0 Å². The third kappa shape index (κ3) is 2.03. The molecule has 0 aliphatic carbocycles. The minimum atomic E-state index is -0.414. The van der Waals surface area contributed by atoms with Gasteiger partial charge < -0.3 is 5.11 Å². The molecule has 0 aliphatic heterocycles. The van der Waals surface area contributed by atoms with E-state index in [1.165, 1.54) is 30.6 Å². The molecular weight excluding hydrogens is 231 g/mol. The highest BCUT2D eigenvalue weighted by Crippen LogP contribution is 2.28. The highest BCUT2D eigenvalue weighted by atomic mass is 35.5. The Kier molecular flexibility index (Phi) is 3.12. The largest absolute Gasteiger partial charge is 0.390 e. The Morgan fingerprint density at radius 2 is 2.00 bits per heavy atom. The predicted molar refractivity (Wildman–Crippen MR) is 58.4 cm³/mol. The maximum Gasteiger partial charge on any atom is 0.124 e. The molecule has 0 spiro atoms. The second kappa shape index (κ2) is 4.55. The molecule has 0 bridgehead atoms. The molecule has 0 atom stereocenters. The van der Waals surface area contributed by atoms with Gasteiger partial charge in [-0.25, -0.2) is 4.39 Å². The van der Waals surface area contributed by atoms with E-state index in [4.69, 9.17) is 16.7 Å². The van der Waals surface area contributed by atoms with Crippen LogP contribution in [0.2, 0.25) is 5.02 Å². The molecule has 0 saturated heterocycles. The number of aromatic nitrogens is 2. The summed E-state index contributed by atoms with van der Waals surface area (Å²) in [5.41, 5.74) is 1.44. The molecule has 16 heavy (non-hydrogen) atoms. The number of halogens is 2. The zero-order valence-corrected chi connectivity index (χ0v) is 8.95. The van der Waals surface area contributed by atoms with E-state index in [9.17, 15) is 4.39 Å². The molecule has 5 heteroatoms. The van der Waals surface area contributed by atoms with Gasteiger partial charge in [-0.3, -0.25) is 9.97 Å². The summed E-state index contributed by atoms with van der Waals surface area (Å²) in [6.07, 6.45) is 2.97. The predicted octanol–water partition coefficient (Wildman–Crippen LogP) is 2.43. The molecule has 2 aromatic rings. The number of aliphatic hydroxyl groups excluding tert-OH is 1. The second-order valence-electron chi connectivity index (χ2n) is 3.13. The highest BCUT2D eigenvalue weighted by molar-refractivity contribution is 6.33. The van der Waals surface area contributed by atoms with Crippen LogP contribution in [-0.4, -0.2) is 15.1 Å². The van der Waals surface area contributed by atoms with Gasteiger partial charge in [0.1, 0.15) is 5.82 Å². The lowest BCUT2D eigenvalue weighted by Gasteiger charge is -2.06. The van der Waals surface area contributed by atoms with Crippen LogP contribution in [0, 0.1) is 5.82 Å². The average Bonchev–Trinajstić information content (AvgIpc) is 2.29. The van der Waals surface area contributed by atoms with Crippen LogP contribution < -0.4 is 0 Å². The molecule has 2 rings (SSSR count). The summed E-state index contributed by atoms with van der Waals surface area (Å²) in [4.78, 5) is 8.05. The fourth-order valence-corrected chi connectivity index (χ4v) is 1.65. The van der Waals surface area contributed by atoms with Gasteiger partial charge in [-0.2, -0.15) is 0 Å². The van der Waals surface area contributed by atoms with Crippen LogP contribution >= 0.6 is 11.6 Å². The van der Waals surface area contributed by atoms with Crippen molar-refractivity contribution in [3.63, 3.8) is 0 Å². The minimum Gasteiger partial charge on any atom is -0.390 e. The summed E-state index contributed by atoms with van der Waals surface area (Å²) in [5.74, 6) is -0.414. The molecule has 1 heterocycles. The first-order chi connectivity index (χ1) is 7.72. The van der Waals surface area contributed by atoms with Gasteiger partial charge in [-0.15, -0.1) is 0 Å². The van der Waals surface area contributed by atoms with Crippen molar-refractivity contribution in [2.75, 3.05) is 0 Å². The van der Waals surface area contributed by atoms with E-state index in [0.717, 1.165) is 0 Å². The maximum absolute atomic E-state index is 12.9. The SMILES string of the molecule is OCc1nccnc1-c1ccc(F)cc1Cl. The van der Waals surface area contributed by atoms with Gasteiger partial charge in [0.05, 0.1) is 23.0 Å². The van der Waals surface area contributed by atoms with Crippen molar-refractivity contribution in [1.29, 1.82) is 0 Å². The molecule has 82 valence electrons. The van der Waals surface area contributed by atoms with Crippen molar-refractivity contribution < 1.29 is 9.50 Å². The number of benzene rings is 1. The van der Waals surface area contributed by atoms with Gasteiger partial charge >= 0.3 is 0 Å². The van der Waals surface area contributed by atoms with Crippen LogP contribution in [0.25, 0.3) is 11.3 Å². The van der Waals surface area contributed by atoms with E-state index in [-0.39, 0.29) is 11.6 Å². The third-order valence-corrected chi connectivity index (χ3v) is 2.42. The fourth-order valence-electron chi connectivity index (χ4n) is 1.39. The number of rotatable bonds is 2. The zero-order valence-electron chi connectivity index (χ0n) is 8.19. The quantitative estimate of drug-likeness (QED) is 0.874. The number of hydrogen-bond acceptors (Lipinski definition) is 3. The lowest BCUT2D eigenvalue weighted by Crippen LogP contribution is -1.96. The number of hydrogen-bond donors (Lipinski definition) is 1. The molecular formula is C11H8ClFN2O. The first kappa shape index (κ1) is 11.0. The molecule has 0 unspecified atom stereocenters. The Hall–Kier alpha value is -1.52. The third-order valence-electron chi connectivity index (χ3n) is 2.11. The molecule has 3 nitrogen and oxygen atoms in total. The smallest absolute Gasteiger partial charge is 0.124 e. The molecule has 0 fully saturated rings. The van der Waals surface area contributed by atoms with Crippen molar-refractivity contribution >= 4 is 11.6 Å². The summed E-state index contributed by atoms with van der Waals surface area (Å²) in [6, 6.07) is 4.00. The topological polar surface area (TPSA) is 46.0 Å². The molecule has 1 aromatic heterocycles. The van der Waals surface area contributed by atoms with Crippen molar-refractivity contribution in [1.82, 2.24) is 9.97 Å². The molecule has 0 aliphatic rings. The lowest BCUT2D eigenvalue weighted by atomic mass is 10.1. The Labute approximate surface area is 96.6 Å². The van der Waals surface area contributed by atoms with Crippen molar-refractivity contribution in [2.45, 2.75) is 6.61 Å². The molecule has 0 saturated carbocycles. The minimum absolute atomic E-state index is 0.239. The Balaban J connectivity index is 2.58. The normalized spacial score (nSPS) is 10.4. The average molecular weight is 239 g/mol. The van der Waals surface area contributed by atoms with E-state index in [1.54, 1.807) is 0 Å². The van der Waals surface area contributed by atoms with E-state index in [2.05, 4.69) is 9.97 Å². The summed E-state index contributed by atoms with van der Waals surface area (Å²) >= 11 is 5.90. The van der Waals surface area contributed by atoms with Crippen LogP contribution in [0.4, 0.5) is 4.39 Å². The van der Waals surface area contributed by atoms with Crippen LogP contribution in [-0.2, 0) is 6.61 Å². The van der Waals surface area contributed by atoms with E-state index < -0.39 is 5.82 Å². The van der Waals surface area contributed by atoms with Gasteiger partial charge in [-0.05, 0) is 18.2 Å². The van der Waals surface area contributed by atoms with Crippen LogP contribution in [0.15, 0.2) is 30.6 Å². The van der Waals surface area contributed by atoms with Gasteiger partial charge in [-0.1, -0.05) is 11.6 Å². The number of aliphatic hydroxyl groups is 1. The van der Waals surface area contributed by atoms with Crippen molar-refractivity contribution in [2.24, 2.45) is 0 Å².